The fourth-order valence-corrected chi connectivity index (χ4v) is 3.02. The molecule has 1 heterocycles. The molecule has 2 N–H and O–H groups in total. The Bertz CT molecular complexity index is 747. The van der Waals surface area contributed by atoms with Crippen LogP contribution in [0.15, 0.2) is 27.7 Å². The minimum absolute atomic E-state index is 0.211. The second-order valence-electron chi connectivity index (χ2n) is 6.42. The molecule has 8 heteroatoms. The van der Waals surface area contributed by atoms with E-state index in [1.807, 2.05) is 27.0 Å². The van der Waals surface area contributed by atoms with E-state index >= 15 is 0 Å². The van der Waals surface area contributed by atoms with E-state index in [4.69, 9.17) is 4.52 Å². The Morgan fingerprint density at radius 3 is 2.78 bits per heavy atom. The number of aliphatic imine (C=N–C) groups is 1. The molecule has 0 aliphatic heterocycles. The second-order valence-corrected chi connectivity index (χ2v) is 7.29. The van der Waals surface area contributed by atoms with Gasteiger partial charge in [0, 0.05) is 31.2 Å². The van der Waals surface area contributed by atoms with Crippen molar-refractivity contribution < 1.29 is 8.91 Å². The standard InChI is InChI=1S/C19H28FN5OS/c1-5-21-19(22-9-8-17-24-18(13(2)3)25-26-17)23-11-14-6-7-16(20)10-15(14)12-27-4/h6-7,10,13H,5,8-9,11-12H2,1-4H3,(H2,21,22,23). The summed E-state index contributed by atoms with van der Waals surface area (Å²) in [4.78, 5) is 8.99. The van der Waals surface area contributed by atoms with Crippen LogP contribution in [0.4, 0.5) is 4.39 Å². The van der Waals surface area contributed by atoms with Crippen LogP contribution in [0.2, 0.25) is 0 Å². The molecule has 0 aliphatic carbocycles. The lowest BCUT2D eigenvalue weighted by atomic mass is 10.1. The molecule has 0 radical (unpaired) electrons. The van der Waals surface area contributed by atoms with E-state index in [1.54, 1.807) is 23.9 Å². The smallest absolute Gasteiger partial charge is 0.228 e. The Labute approximate surface area is 164 Å². The van der Waals surface area contributed by atoms with Gasteiger partial charge < -0.3 is 15.2 Å². The third-order valence-electron chi connectivity index (χ3n) is 3.85. The van der Waals surface area contributed by atoms with Crippen molar-refractivity contribution in [2.45, 2.75) is 45.4 Å². The van der Waals surface area contributed by atoms with Gasteiger partial charge in [0.05, 0.1) is 6.54 Å². The van der Waals surface area contributed by atoms with Gasteiger partial charge in [-0.15, -0.1) is 0 Å². The van der Waals surface area contributed by atoms with Crippen molar-refractivity contribution in [1.29, 1.82) is 0 Å². The highest BCUT2D eigenvalue weighted by Gasteiger charge is 2.10. The monoisotopic (exact) mass is 393 g/mol. The van der Waals surface area contributed by atoms with E-state index in [0.29, 0.717) is 31.4 Å². The van der Waals surface area contributed by atoms with Gasteiger partial charge in [0.2, 0.25) is 5.89 Å². The quantitative estimate of drug-likeness (QED) is 0.502. The van der Waals surface area contributed by atoms with E-state index in [2.05, 4.69) is 25.8 Å². The van der Waals surface area contributed by atoms with Crippen molar-refractivity contribution in [3.63, 3.8) is 0 Å². The molecule has 1 aromatic heterocycles. The molecule has 2 aromatic rings. The van der Waals surface area contributed by atoms with Crippen LogP contribution >= 0.6 is 11.8 Å². The molecule has 0 fully saturated rings. The fourth-order valence-electron chi connectivity index (χ4n) is 2.44. The van der Waals surface area contributed by atoms with E-state index in [9.17, 15) is 4.39 Å². The highest BCUT2D eigenvalue weighted by Crippen LogP contribution is 2.17. The van der Waals surface area contributed by atoms with Crippen LogP contribution in [0, 0.1) is 5.82 Å². The van der Waals surface area contributed by atoms with Crippen molar-refractivity contribution in [2.75, 3.05) is 19.3 Å². The third-order valence-corrected chi connectivity index (χ3v) is 4.45. The molecule has 0 atom stereocenters. The molecule has 1 aromatic carbocycles. The maximum atomic E-state index is 13.5. The number of benzene rings is 1. The minimum atomic E-state index is -0.211. The largest absolute Gasteiger partial charge is 0.357 e. The Hall–Kier alpha value is -2.09. The molecule has 2 rings (SSSR count). The molecule has 148 valence electrons. The zero-order valence-corrected chi connectivity index (χ0v) is 17.2. The van der Waals surface area contributed by atoms with Gasteiger partial charge in [-0.1, -0.05) is 25.1 Å². The lowest BCUT2D eigenvalue weighted by Gasteiger charge is -2.12. The van der Waals surface area contributed by atoms with Crippen molar-refractivity contribution in [1.82, 2.24) is 20.8 Å². The van der Waals surface area contributed by atoms with Crippen molar-refractivity contribution in [3.05, 3.63) is 46.9 Å². The highest BCUT2D eigenvalue weighted by atomic mass is 32.2. The molecule has 0 saturated heterocycles. The zero-order valence-electron chi connectivity index (χ0n) is 16.4. The van der Waals surface area contributed by atoms with E-state index in [-0.39, 0.29) is 11.7 Å². The van der Waals surface area contributed by atoms with Crippen LogP contribution in [0.5, 0.6) is 0 Å². The van der Waals surface area contributed by atoms with E-state index < -0.39 is 0 Å². The number of thioether (sulfide) groups is 1. The number of halogens is 1. The van der Waals surface area contributed by atoms with Crippen LogP contribution in [0.3, 0.4) is 0 Å². The Balaban J connectivity index is 1.95. The lowest BCUT2D eigenvalue weighted by molar-refractivity contribution is 0.371. The van der Waals surface area contributed by atoms with Gasteiger partial charge in [0.1, 0.15) is 5.82 Å². The average Bonchev–Trinajstić information content (AvgIpc) is 3.10. The second kappa shape index (κ2) is 10.9. The summed E-state index contributed by atoms with van der Waals surface area (Å²) in [6.07, 6.45) is 2.63. The molecule has 0 bridgehead atoms. The number of hydrogen-bond acceptors (Lipinski definition) is 5. The summed E-state index contributed by atoms with van der Waals surface area (Å²) in [7, 11) is 0. The predicted molar refractivity (Wildman–Crippen MR) is 109 cm³/mol. The van der Waals surface area contributed by atoms with Crippen molar-refractivity contribution in [3.8, 4) is 0 Å². The van der Waals surface area contributed by atoms with Crippen molar-refractivity contribution >= 4 is 17.7 Å². The van der Waals surface area contributed by atoms with Gasteiger partial charge in [-0.3, -0.25) is 0 Å². The van der Waals surface area contributed by atoms with E-state index in [1.165, 1.54) is 6.07 Å². The lowest BCUT2D eigenvalue weighted by Crippen LogP contribution is -2.38. The predicted octanol–water partition coefficient (Wildman–Crippen LogP) is 3.49. The number of aromatic nitrogens is 2. The van der Waals surface area contributed by atoms with Gasteiger partial charge in [0.15, 0.2) is 11.8 Å². The summed E-state index contributed by atoms with van der Waals surface area (Å²) in [6, 6.07) is 4.88. The maximum Gasteiger partial charge on any atom is 0.228 e. The Morgan fingerprint density at radius 2 is 2.11 bits per heavy atom. The zero-order chi connectivity index (χ0) is 19.6. The normalized spacial score (nSPS) is 11.9. The molecular weight excluding hydrogens is 365 g/mol. The van der Waals surface area contributed by atoms with Gasteiger partial charge in [-0.2, -0.15) is 16.7 Å². The summed E-state index contributed by atoms with van der Waals surface area (Å²) < 4.78 is 18.7. The topological polar surface area (TPSA) is 75.3 Å². The fraction of sp³-hybridized carbons (Fsp3) is 0.526. The number of nitrogens with one attached hydrogen (secondary N) is 2. The molecule has 0 aliphatic rings. The summed E-state index contributed by atoms with van der Waals surface area (Å²) >= 11 is 1.67. The molecule has 0 unspecified atom stereocenters. The third kappa shape index (κ3) is 6.86. The van der Waals surface area contributed by atoms with Crippen molar-refractivity contribution in [2.24, 2.45) is 4.99 Å². The van der Waals surface area contributed by atoms with E-state index in [0.717, 1.165) is 29.2 Å². The van der Waals surface area contributed by atoms with Crippen LogP contribution in [0.25, 0.3) is 0 Å². The summed E-state index contributed by atoms with van der Waals surface area (Å²) in [5.41, 5.74) is 2.01. The number of rotatable bonds is 9. The molecule has 0 spiro atoms. The summed E-state index contributed by atoms with van der Waals surface area (Å²) in [5.74, 6) is 2.85. The first kappa shape index (κ1) is 21.2. The summed E-state index contributed by atoms with van der Waals surface area (Å²) in [6.45, 7) is 7.95. The molecule has 6 nitrogen and oxygen atoms in total. The SMILES string of the molecule is CCNC(=NCc1ccc(F)cc1CSC)NCCc1nc(C(C)C)no1. The molecular formula is C19H28FN5OS. The average molecular weight is 394 g/mol. The van der Waals surface area contributed by atoms with Crippen LogP contribution in [0.1, 0.15) is 49.5 Å². The number of guanidine groups is 1. The minimum Gasteiger partial charge on any atom is -0.357 e. The Morgan fingerprint density at radius 1 is 1.30 bits per heavy atom. The maximum absolute atomic E-state index is 13.5. The first-order valence-electron chi connectivity index (χ1n) is 9.14. The van der Waals surface area contributed by atoms with Gasteiger partial charge in [0.25, 0.3) is 0 Å². The molecule has 0 amide bonds. The van der Waals surface area contributed by atoms with Crippen LogP contribution in [-0.2, 0) is 18.7 Å². The molecule has 0 saturated carbocycles. The van der Waals surface area contributed by atoms with Gasteiger partial charge in [-0.05, 0) is 36.4 Å². The summed E-state index contributed by atoms with van der Waals surface area (Å²) in [5, 5.41) is 10.5. The first-order chi connectivity index (χ1) is 13.0. The van der Waals surface area contributed by atoms with Gasteiger partial charge >= 0.3 is 0 Å². The number of hydrogen-bond donors (Lipinski definition) is 2. The molecule has 27 heavy (non-hydrogen) atoms. The highest BCUT2D eigenvalue weighted by molar-refractivity contribution is 7.97. The first-order valence-corrected chi connectivity index (χ1v) is 10.5. The van der Waals surface area contributed by atoms with Crippen LogP contribution in [-0.4, -0.2) is 35.4 Å². The van der Waals surface area contributed by atoms with Gasteiger partial charge in [-0.25, -0.2) is 9.38 Å². The Kier molecular flexibility index (Phi) is 8.57. The van der Waals surface area contributed by atoms with Crippen LogP contribution < -0.4 is 10.6 Å². The number of nitrogens with zero attached hydrogens (tertiary/aromatic N) is 3.